The molecule has 2 aromatic heterocycles. The van der Waals surface area contributed by atoms with E-state index in [2.05, 4.69) is 25.6 Å². The molecule has 130 valence electrons. The van der Waals surface area contributed by atoms with E-state index in [0.29, 0.717) is 29.2 Å². The molecule has 0 spiro atoms. The molecule has 0 saturated carbocycles. The smallest absolute Gasteiger partial charge is 0.269 e. The summed E-state index contributed by atoms with van der Waals surface area (Å²) in [4.78, 5) is 24.4. The molecule has 4 rings (SSSR count). The molecule has 0 radical (unpaired) electrons. The molecule has 25 heavy (non-hydrogen) atoms. The van der Waals surface area contributed by atoms with E-state index in [9.17, 15) is 4.79 Å². The summed E-state index contributed by atoms with van der Waals surface area (Å²) >= 11 is 6.24. The van der Waals surface area contributed by atoms with Gasteiger partial charge in [-0.1, -0.05) is 11.6 Å². The van der Waals surface area contributed by atoms with Gasteiger partial charge in [-0.15, -0.1) is 0 Å². The van der Waals surface area contributed by atoms with Gasteiger partial charge in [0.15, 0.2) is 0 Å². The number of nitrogens with zero attached hydrogens (tertiary/aromatic N) is 3. The number of aromatic nitrogens is 3. The Morgan fingerprint density at radius 1 is 1.28 bits per heavy atom. The standard InChI is InChI=1S/C17H18ClN5O2/c1-19-17(24)14-6-12(20-8-21-14)13-4-9(5-15(18)23-13)16-11-3-2-10(22-11)7-25-16/h4-6,8,10-11,16,22H,2-3,7H2,1H3,(H,19,24). The predicted molar refractivity (Wildman–Crippen MR) is 92.3 cm³/mol. The van der Waals surface area contributed by atoms with Crippen molar-refractivity contribution in [2.24, 2.45) is 0 Å². The first-order valence-electron chi connectivity index (χ1n) is 8.23. The second kappa shape index (κ2) is 6.67. The maximum Gasteiger partial charge on any atom is 0.269 e. The van der Waals surface area contributed by atoms with Crippen LogP contribution < -0.4 is 10.6 Å². The molecule has 2 aliphatic heterocycles. The lowest BCUT2D eigenvalue weighted by atomic mass is 10.0. The predicted octanol–water partition coefficient (Wildman–Crippen LogP) is 1.74. The van der Waals surface area contributed by atoms with Crippen molar-refractivity contribution in [2.75, 3.05) is 13.7 Å². The van der Waals surface area contributed by atoms with Crippen molar-refractivity contribution in [1.29, 1.82) is 0 Å². The Morgan fingerprint density at radius 2 is 2.16 bits per heavy atom. The van der Waals surface area contributed by atoms with E-state index in [0.717, 1.165) is 18.4 Å². The van der Waals surface area contributed by atoms with Crippen molar-refractivity contribution in [1.82, 2.24) is 25.6 Å². The zero-order chi connectivity index (χ0) is 17.4. The number of ether oxygens (including phenoxy) is 1. The van der Waals surface area contributed by atoms with E-state index >= 15 is 0 Å². The van der Waals surface area contributed by atoms with Gasteiger partial charge in [0.05, 0.1) is 24.1 Å². The number of hydrogen-bond acceptors (Lipinski definition) is 6. The van der Waals surface area contributed by atoms with Gasteiger partial charge in [-0.3, -0.25) is 4.79 Å². The molecule has 7 nitrogen and oxygen atoms in total. The van der Waals surface area contributed by atoms with E-state index in [1.807, 2.05) is 12.1 Å². The molecule has 2 bridgehead atoms. The quantitative estimate of drug-likeness (QED) is 0.811. The molecule has 2 saturated heterocycles. The molecule has 2 aliphatic rings. The van der Waals surface area contributed by atoms with Crippen LogP contribution in [0, 0.1) is 0 Å². The van der Waals surface area contributed by atoms with Crippen molar-refractivity contribution in [3.05, 3.63) is 40.9 Å². The van der Waals surface area contributed by atoms with Crippen LogP contribution in [0.25, 0.3) is 11.4 Å². The largest absolute Gasteiger partial charge is 0.370 e. The summed E-state index contributed by atoms with van der Waals surface area (Å²) in [6.07, 6.45) is 3.51. The Morgan fingerprint density at radius 3 is 3.00 bits per heavy atom. The van der Waals surface area contributed by atoms with E-state index in [-0.39, 0.29) is 23.7 Å². The van der Waals surface area contributed by atoms with Crippen LogP contribution in [0.2, 0.25) is 5.15 Å². The monoisotopic (exact) mass is 359 g/mol. The average Bonchev–Trinajstić information content (AvgIpc) is 3.01. The van der Waals surface area contributed by atoms with Crippen LogP contribution in [-0.4, -0.2) is 46.6 Å². The second-order valence-electron chi connectivity index (χ2n) is 6.28. The van der Waals surface area contributed by atoms with Crippen LogP contribution >= 0.6 is 11.6 Å². The second-order valence-corrected chi connectivity index (χ2v) is 6.66. The zero-order valence-electron chi connectivity index (χ0n) is 13.7. The highest BCUT2D eigenvalue weighted by molar-refractivity contribution is 6.29. The van der Waals surface area contributed by atoms with Crippen molar-refractivity contribution in [3.8, 4) is 11.4 Å². The van der Waals surface area contributed by atoms with Crippen LogP contribution in [-0.2, 0) is 4.74 Å². The van der Waals surface area contributed by atoms with Gasteiger partial charge in [0, 0.05) is 19.1 Å². The molecule has 2 N–H and O–H groups in total. The molecule has 4 heterocycles. The Kier molecular flexibility index (Phi) is 4.37. The van der Waals surface area contributed by atoms with Crippen LogP contribution in [0.5, 0.6) is 0 Å². The SMILES string of the molecule is CNC(=O)c1cc(-c2cc(C3OCC4CCC3N4)cc(Cl)n2)ncn1. The Balaban J connectivity index is 1.69. The van der Waals surface area contributed by atoms with Crippen LogP contribution in [0.4, 0.5) is 0 Å². The van der Waals surface area contributed by atoms with Crippen molar-refractivity contribution >= 4 is 17.5 Å². The third-order valence-electron chi connectivity index (χ3n) is 4.65. The fourth-order valence-corrected chi connectivity index (χ4v) is 3.66. The van der Waals surface area contributed by atoms with E-state index in [1.54, 1.807) is 13.1 Å². The van der Waals surface area contributed by atoms with Gasteiger partial charge >= 0.3 is 0 Å². The number of fused-ring (bicyclic) bond motifs is 2. The molecule has 2 aromatic rings. The summed E-state index contributed by atoms with van der Waals surface area (Å²) in [5.41, 5.74) is 2.39. The van der Waals surface area contributed by atoms with Gasteiger partial charge in [-0.25, -0.2) is 15.0 Å². The number of amides is 1. The van der Waals surface area contributed by atoms with Gasteiger partial charge in [0.25, 0.3) is 5.91 Å². The average molecular weight is 360 g/mol. The third-order valence-corrected chi connectivity index (χ3v) is 4.85. The maximum absolute atomic E-state index is 11.8. The number of nitrogens with one attached hydrogen (secondary N) is 2. The molecular weight excluding hydrogens is 342 g/mol. The Hall–Kier alpha value is -2.09. The summed E-state index contributed by atoms with van der Waals surface area (Å²) in [6.45, 7) is 0.699. The van der Waals surface area contributed by atoms with Crippen LogP contribution in [0.15, 0.2) is 24.5 Å². The molecule has 0 aliphatic carbocycles. The Labute approximate surface area is 150 Å². The van der Waals surface area contributed by atoms with Crippen LogP contribution in [0.1, 0.15) is 35.0 Å². The number of hydrogen-bond donors (Lipinski definition) is 2. The van der Waals surface area contributed by atoms with Gasteiger partial charge in [-0.05, 0) is 36.6 Å². The van der Waals surface area contributed by atoms with Crippen LogP contribution in [0.3, 0.4) is 0 Å². The number of halogens is 1. The topological polar surface area (TPSA) is 89.0 Å². The zero-order valence-corrected chi connectivity index (χ0v) is 14.5. The number of morpholine rings is 1. The normalized spacial score (nSPS) is 25.0. The summed E-state index contributed by atoms with van der Waals surface area (Å²) in [5, 5.41) is 6.50. The van der Waals surface area contributed by atoms with Gasteiger partial charge in [0.2, 0.25) is 0 Å². The molecule has 1 amide bonds. The fourth-order valence-electron chi connectivity index (χ4n) is 3.45. The van der Waals surface area contributed by atoms with E-state index < -0.39 is 0 Å². The van der Waals surface area contributed by atoms with E-state index in [4.69, 9.17) is 16.3 Å². The first-order chi connectivity index (χ1) is 12.1. The first-order valence-corrected chi connectivity index (χ1v) is 8.61. The number of carbonyl (C=O) groups is 1. The third kappa shape index (κ3) is 3.22. The highest BCUT2D eigenvalue weighted by atomic mass is 35.5. The summed E-state index contributed by atoms with van der Waals surface area (Å²) in [7, 11) is 1.56. The molecule has 3 unspecified atom stereocenters. The molecule has 2 fully saturated rings. The highest BCUT2D eigenvalue weighted by Crippen LogP contribution is 2.35. The molecule has 0 aromatic carbocycles. The number of pyridine rings is 1. The summed E-state index contributed by atoms with van der Waals surface area (Å²) in [5.74, 6) is -0.275. The van der Waals surface area contributed by atoms with Gasteiger partial charge < -0.3 is 15.4 Å². The lowest BCUT2D eigenvalue weighted by Gasteiger charge is -2.31. The molecule has 3 atom stereocenters. The maximum atomic E-state index is 11.8. The van der Waals surface area contributed by atoms with Gasteiger partial charge in [0.1, 0.15) is 17.2 Å². The van der Waals surface area contributed by atoms with Crippen molar-refractivity contribution < 1.29 is 9.53 Å². The lowest BCUT2D eigenvalue weighted by Crippen LogP contribution is -2.43. The van der Waals surface area contributed by atoms with E-state index in [1.165, 1.54) is 6.33 Å². The van der Waals surface area contributed by atoms with Crippen molar-refractivity contribution in [3.63, 3.8) is 0 Å². The summed E-state index contributed by atoms with van der Waals surface area (Å²) in [6, 6.07) is 6.10. The lowest BCUT2D eigenvalue weighted by molar-refractivity contribution is -0.00613. The van der Waals surface area contributed by atoms with Crippen molar-refractivity contribution in [2.45, 2.75) is 31.0 Å². The molecule has 8 heteroatoms. The fraction of sp³-hybridized carbons (Fsp3) is 0.412. The minimum Gasteiger partial charge on any atom is -0.370 e. The highest BCUT2D eigenvalue weighted by Gasteiger charge is 2.37. The summed E-state index contributed by atoms with van der Waals surface area (Å²) < 4.78 is 6.03. The molecular formula is C17H18ClN5O2. The number of carbonyl (C=O) groups excluding carboxylic acids is 1. The van der Waals surface area contributed by atoms with Gasteiger partial charge in [-0.2, -0.15) is 0 Å². The number of rotatable bonds is 3. The Bertz CT molecular complexity index is 815. The minimum absolute atomic E-state index is 0.0572. The first kappa shape index (κ1) is 16.4. The minimum atomic E-state index is -0.275.